The quantitative estimate of drug-likeness (QED) is 0.849. The fourth-order valence-corrected chi connectivity index (χ4v) is 5.22. The van der Waals surface area contributed by atoms with Crippen LogP contribution >= 0.6 is 11.3 Å². The van der Waals surface area contributed by atoms with Gasteiger partial charge in [-0.25, -0.2) is 0 Å². The third kappa shape index (κ3) is 3.47. The molecule has 3 fully saturated rings. The van der Waals surface area contributed by atoms with Crippen LogP contribution in [0.3, 0.4) is 0 Å². The Hall–Kier alpha value is -0.910. The predicted octanol–water partition coefficient (Wildman–Crippen LogP) is 2.66. The Morgan fingerprint density at radius 2 is 2.13 bits per heavy atom. The molecule has 4 nitrogen and oxygen atoms in total. The van der Waals surface area contributed by atoms with Gasteiger partial charge in [0.2, 0.25) is 5.91 Å². The molecule has 0 radical (unpaired) electrons. The predicted molar refractivity (Wildman–Crippen MR) is 91.5 cm³/mol. The molecule has 0 bridgehead atoms. The molecule has 126 valence electrons. The third-order valence-corrected chi connectivity index (χ3v) is 6.41. The zero-order valence-electron chi connectivity index (χ0n) is 13.9. The van der Waals surface area contributed by atoms with Gasteiger partial charge in [-0.05, 0) is 38.3 Å². The third-order valence-electron chi connectivity index (χ3n) is 5.43. The van der Waals surface area contributed by atoms with Gasteiger partial charge >= 0.3 is 0 Å². The lowest BCUT2D eigenvalue weighted by Gasteiger charge is -2.20. The zero-order valence-corrected chi connectivity index (χ0v) is 14.7. The molecular weight excluding hydrogens is 308 g/mol. The molecule has 1 aromatic rings. The van der Waals surface area contributed by atoms with Gasteiger partial charge in [0, 0.05) is 48.4 Å². The number of likely N-dealkylation sites (tertiary alicyclic amines) is 2. The average Bonchev–Trinajstić information content (AvgIpc) is 3.23. The van der Waals surface area contributed by atoms with Crippen LogP contribution in [-0.4, -0.2) is 54.1 Å². The van der Waals surface area contributed by atoms with Crippen LogP contribution in [0.2, 0.25) is 0 Å². The van der Waals surface area contributed by atoms with Crippen molar-refractivity contribution in [1.29, 1.82) is 0 Å². The van der Waals surface area contributed by atoms with Gasteiger partial charge in [0.15, 0.2) is 0 Å². The smallest absolute Gasteiger partial charge is 0.225 e. The summed E-state index contributed by atoms with van der Waals surface area (Å²) in [6.45, 7) is 7.26. The van der Waals surface area contributed by atoms with Gasteiger partial charge in [0.05, 0.1) is 18.6 Å². The van der Waals surface area contributed by atoms with E-state index < -0.39 is 0 Å². The summed E-state index contributed by atoms with van der Waals surface area (Å²) in [5.74, 6) is 0.922. The van der Waals surface area contributed by atoms with Crippen molar-refractivity contribution in [2.75, 3.05) is 26.2 Å². The Morgan fingerprint density at radius 3 is 2.83 bits per heavy atom. The Bertz CT molecular complexity index is 553. The Balaban J connectivity index is 1.25. The summed E-state index contributed by atoms with van der Waals surface area (Å²) in [4.78, 5) is 19.6. The highest BCUT2D eigenvalue weighted by Crippen LogP contribution is 2.35. The maximum absolute atomic E-state index is 12.3. The Labute approximate surface area is 142 Å². The van der Waals surface area contributed by atoms with E-state index in [4.69, 9.17) is 4.74 Å². The van der Waals surface area contributed by atoms with Crippen LogP contribution < -0.4 is 0 Å². The highest BCUT2D eigenvalue weighted by atomic mass is 32.1. The van der Waals surface area contributed by atoms with E-state index in [0.717, 1.165) is 39.1 Å². The molecule has 0 aromatic carbocycles. The van der Waals surface area contributed by atoms with E-state index in [9.17, 15) is 4.79 Å². The fraction of sp³-hybridized carbons (Fsp3) is 0.722. The van der Waals surface area contributed by atoms with Gasteiger partial charge in [0.25, 0.3) is 0 Å². The number of hydrogen-bond donors (Lipinski definition) is 0. The number of aryl methyl sites for hydroxylation is 1. The van der Waals surface area contributed by atoms with Crippen molar-refractivity contribution >= 4 is 17.2 Å². The molecule has 3 aliphatic heterocycles. The Morgan fingerprint density at radius 1 is 1.30 bits per heavy atom. The number of rotatable bonds is 4. The van der Waals surface area contributed by atoms with Crippen molar-refractivity contribution in [3.05, 3.63) is 21.9 Å². The molecule has 0 saturated carbocycles. The molecule has 0 unspecified atom stereocenters. The molecule has 3 aliphatic rings. The van der Waals surface area contributed by atoms with Crippen molar-refractivity contribution in [3.63, 3.8) is 0 Å². The molecule has 1 amide bonds. The molecule has 3 atom stereocenters. The first-order chi connectivity index (χ1) is 11.2. The van der Waals surface area contributed by atoms with Crippen LogP contribution in [0.25, 0.3) is 0 Å². The van der Waals surface area contributed by atoms with Crippen molar-refractivity contribution < 1.29 is 9.53 Å². The van der Waals surface area contributed by atoms with Gasteiger partial charge in [-0.2, -0.15) is 0 Å². The van der Waals surface area contributed by atoms with Crippen molar-refractivity contribution in [2.45, 2.75) is 51.4 Å². The second-order valence-electron chi connectivity index (χ2n) is 7.29. The monoisotopic (exact) mass is 334 g/mol. The zero-order chi connectivity index (χ0) is 15.8. The van der Waals surface area contributed by atoms with Crippen LogP contribution in [0, 0.1) is 12.8 Å². The maximum atomic E-state index is 12.3. The van der Waals surface area contributed by atoms with Crippen LogP contribution in [0.15, 0.2) is 12.1 Å². The first-order valence-corrected chi connectivity index (χ1v) is 9.70. The molecule has 23 heavy (non-hydrogen) atoms. The molecule has 4 rings (SSSR count). The second-order valence-corrected chi connectivity index (χ2v) is 8.66. The van der Waals surface area contributed by atoms with E-state index in [1.165, 1.54) is 22.6 Å². The average molecular weight is 334 g/mol. The van der Waals surface area contributed by atoms with Crippen molar-refractivity contribution in [3.8, 4) is 0 Å². The van der Waals surface area contributed by atoms with Crippen LogP contribution in [0.5, 0.6) is 0 Å². The topological polar surface area (TPSA) is 32.8 Å². The van der Waals surface area contributed by atoms with Gasteiger partial charge < -0.3 is 9.64 Å². The molecule has 1 aromatic heterocycles. The van der Waals surface area contributed by atoms with Crippen LogP contribution in [0.4, 0.5) is 0 Å². The lowest BCUT2D eigenvalue weighted by Crippen LogP contribution is -2.32. The van der Waals surface area contributed by atoms with E-state index in [1.54, 1.807) is 0 Å². The minimum absolute atomic E-state index is 0.157. The second kappa shape index (κ2) is 6.54. The summed E-state index contributed by atoms with van der Waals surface area (Å²) in [6, 6.07) is 4.44. The SMILES string of the molecule is Cc1ccc(CN2C[C@@H]3C[C@H](CC(=O)N4CCCC4)O[C@@H]3C2)s1. The van der Waals surface area contributed by atoms with E-state index in [1.807, 2.05) is 16.2 Å². The van der Waals surface area contributed by atoms with Gasteiger partial charge in [-0.15, -0.1) is 11.3 Å². The van der Waals surface area contributed by atoms with Crippen molar-refractivity contribution in [2.24, 2.45) is 5.92 Å². The van der Waals surface area contributed by atoms with E-state index in [0.29, 0.717) is 24.3 Å². The van der Waals surface area contributed by atoms with E-state index in [-0.39, 0.29) is 6.10 Å². The normalized spacial score (nSPS) is 31.0. The summed E-state index contributed by atoms with van der Waals surface area (Å²) < 4.78 is 6.20. The maximum Gasteiger partial charge on any atom is 0.225 e. The van der Waals surface area contributed by atoms with E-state index >= 15 is 0 Å². The molecular formula is C18H26N2O2S. The number of fused-ring (bicyclic) bond motifs is 1. The molecule has 4 heterocycles. The highest BCUT2D eigenvalue weighted by Gasteiger charge is 2.42. The number of carbonyl (C=O) groups excluding carboxylic acids is 1. The number of ether oxygens (including phenoxy) is 1. The number of thiophene rings is 1. The Kier molecular flexibility index (Phi) is 4.43. The summed E-state index contributed by atoms with van der Waals surface area (Å²) in [5.41, 5.74) is 0. The summed E-state index contributed by atoms with van der Waals surface area (Å²) in [5, 5.41) is 0. The molecule has 0 spiro atoms. The minimum atomic E-state index is 0.157. The largest absolute Gasteiger partial charge is 0.373 e. The highest BCUT2D eigenvalue weighted by molar-refractivity contribution is 7.11. The summed E-state index contributed by atoms with van der Waals surface area (Å²) in [7, 11) is 0. The van der Waals surface area contributed by atoms with E-state index in [2.05, 4.69) is 24.0 Å². The first-order valence-electron chi connectivity index (χ1n) is 8.88. The van der Waals surface area contributed by atoms with Gasteiger partial charge in [-0.1, -0.05) is 0 Å². The minimum Gasteiger partial charge on any atom is -0.373 e. The molecule has 0 aliphatic carbocycles. The summed E-state index contributed by atoms with van der Waals surface area (Å²) in [6.07, 6.45) is 4.48. The number of amides is 1. The summed E-state index contributed by atoms with van der Waals surface area (Å²) >= 11 is 1.89. The molecule has 3 saturated heterocycles. The van der Waals surface area contributed by atoms with Crippen LogP contribution in [-0.2, 0) is 16.1 Å². The van der Waals surface area contributed by atoms with Gasteiger partial charge in [0.1, 0.15) is 0 Å². The number of hydrogen-bond acceptors (Lipinski definition) is 4. The molecule has 0 N–H and O–H groups in total. The fourth-order valence-electron chi connectivity index (χ4n) is 4.29. The first kappa shape index (κ1) is 15.6. The van der Waals surface area contributed by atoms with Crippen molar-refractivity contribution in [1.82, 2.24) is 9.80 Å². The standard InChI is InChI=1S/C18H26N2O2S/c1-13-4-5-16(23-13)11-19-10-14-8-15(22-17(14)12-19)9-18(21)20-6-2-3-7-20/h4-5,14-15,17H,2-3,6-12H2,1H3/t14-,15+,17+/m0/s1. The number of nitrogens with zero attached hydrogens (tertiary/aromatic N) is 2. The van der Waals surface area contributed by atoms with Gasteiger partial charge in [-0.3, -0.25) is 9.69 Å². The molecule has 5 heteroatoms. The lowest BCUT2D eigenvalue weighted by atomic mass is 10.0. The lowest BCUT2D eigenvalue weighted by molar-refractivity contribution is -0.132. The van der Waals surface area contributed by atoms with Crippen LogP contribution in [0.1, 0.15) is 35.4 Å². The number of carbonyl (C=O) groups is 1.